The van der Waals surface area contributed by atoms with Gasteiger partial charge < -0.3 is 19.5 Å². The predicted octanol–water partition coefficient (Wildman–Crippen LogP) is 2.59. The van der Waals surface area contributed by atoms with Gasteiger partial charge in [-0.1, -0.05) is 18.2 Å². The second-order valence-corrected chi connectivity index (χ2v) is 6.74. The SMILES string of the molecule is Cc1nc(C(=O)Nc2ccccc2)cc(N2CCN(C(=O)c3ccco3)CC2)n1. The first kappa shape index (κ1) is 18.7. The summed E-state index contributed by atoms with van der Waals surface area (Å²) in [4.78, 5) is 37.6. The molecule has 1 aliphatic heterocycles. The topological polar surface area (TPSA) is 91.6 Å². The normalized spacial score (nSPS) is 14.0. The summed E-state index contributed by atoms with van der Waals surface area (Å²) in [7, 11) is 0. The zero-order valence-electron chi connectivity index (χ0n) is 16.0. The van der Waals surface area contributed by atoms with Gasteiger partial charge in [-0.2, -0.15) is 0 Å². The van der Waals surface area contributed by atoms with Crippen molar-refractivity contribution in [3.8, 4) is 0 Å². The lowest BCUT2D eigenvalue weighted by Gasteiger charge is -2.35. The average Bonchev–Trinajstić information content (AvgIpc) is 3.28. The van der Waals surface area contributed by atoms with Crippen LogP contribution in [0.4, 0.5) is 11.5 Å². The fraction of sp³-hybridized carbons (Fsp3) is 0.238. The van der Waals surface area contributed by atoms with E-state index in [1.165, 1.54) is 6.26 Å². The van der Waals surface area contributed by atoms with E-state index in [0.29, 0.717) is 55.0 Å². The number of piperazine rings is 1. The summed E-state index contributed by atoms with van der Waals surface area (Å²) in [6.45, 7) is 4.09. The van der Waals surface area contributed by atoms with Crippen LogP contribution in [0.2, 0.25) is 0 Å². The summed E-state index contributed by atoms with van der Waals surface area (Å²) in [6.07, 6.45) is 1.50. The van der Waals surface area contributed by atoms with E-state index in [4.69, 9.17) is 4.42 Å². The predicted molar refractivity (Wildman–Crippen MR) is 108 cm³/mol. The molecule has 0 radical (unpaired) electrons. The summed E-state index contributed by atoms with van der Waals surface area (Å²) in [5.41, 5.74) is 1.02. The molecule has 3 aromatic rings. The van der Waals surface area contributed by atoms with Gasteiger partial charge in [0, 0.05) is 37.9 Å². The van der Waals surface area contributed by atoms with Crippen LogP contribution in [0, 0.1) is 6.92 Å². The molecule has 3 heterocycles. The fourth-order valence-corrected chi connectivity index (χ4v) is 3.24. The van der Waals surface area contributed by atoms with Gasteiger partial charge in [0.1, 0.15) is 17.3 Å². The number of nitrogens with zero attached hydrogens (tertiary/aromatic N) is 4. The van der Waals surface area contributed by atoms with Gasteiger partial charge in [0.05, 0.1) is 6.26 Å². The monoisotopic (exact) mass is 391 g/mol. The zero-order chi connectivity index (χ0) is 20.2. The number of anilines is 2. The number of benzene rings is 1. The van der Waals surface area contributed by atoms with E-state index in [1.54, 1.807) is 30.0 Å². The van der Waals surface area contributed by atoms with Gasteiger partial charge in [0.2, 0.25) is 0 Å². The van der Waals surface area contributed by atoms with E-state index < -0.39 is 0 Å². The Hall–Kier alpha value is -3.68. The van der Waals surface area contributed by atoms with E-state index in [-0.39, 0.29) is 11.8 Å². The van der Waals surface area contributed by atoms with Gasteiger partial charge in [-0.25, -0.2) is 9.97 Å². The van der Waals surface area contributed by atoms with Crippen LogP contribution in [-0.4, -0.2) is 52.9 Å². The Morgan fingerprint density at radius 2 is 1.76 bits per heavy atom. The molecule has 0 spiro atoms. The third kappa shape index (κ3) is 4.26. The molecule has 2 aromatic heterocycles. The van der Waals surface area contributed by atoms with Crippen molar-refractivity contribution >= 4 is 23.3 Å². The van der Waals surface area contributed by atoms with Crippen LogP contribution in [-0.2, 0) is 0 Å². The molecule has 1 fully saturated rings. The zero-order valence-corrected chi connectivity index (χ0v) is 16.0. The van der Waals surface area contributed by atoms with Crippen LogP contribution in [0.5, 0.6) is 0 Å². The van der Waals surface area contributed by atoms with Gasteiger partial charge in [-0.05, 0) is 31.2 Å². The molecule has 148 valence electrons. The molecule has 0 atom stereocenters. The molecule has 4 rings (SSSR count). The molecular formula is C21H21N5O3. The van der Waals surface area contributed by atoms with E-state index in [1.807, 2.05) is 30.3 Å². The number of aromatic nitrogens is 2. The maximum atomic E-state index is 12.6. The highest BCUT2D eigenvalue weighted by Gasteiger charge is 2.25. The molecule has 1 aromatic carbocycles. The van der Waals surface area contributed by atoms with Crippen LogP contribution in [0.1, 0.15) is 26.9 Å². The largest absolute Gasteiger partial charge is 0.459 e. The Bertz CT molecular complexity index is 996. The number of carbonyl (C=O) groups is 2. The number of rotatable bonds is 4. The maximum absolute atomic E-state index is 12.6. The van der Waals surface area contributed by atoms with Crippen LogP contribution in [0.25, 0.3) is 0 Å². The van der Waals surface area contributed by atoms with E-state index in [9.17, 15) is 9.59 Å². The van der Waals surface area contributed by atoms with Crippen LogP contribution in [0.15, 0.2) is 59.2 Å². The third-order valence-electron chi connectivity index (χ3n) is 4.71. The van der Waals surface area contributed by atoms with Crippen LogP contribution >= 0.6 is 0 Å². The summed E-state index contributed by atoms with van der Waals surface area (Å²) < 4.78 is 5.20. The first-order chi connectivity index (χ1) is 14.1. The molecule has 1 aliphatic rings. The molecule has 0 unspecified atom stereocenters. The average molecular weight is 391 g/mol. The highest BCUT2D eigenvalue weighted by Crippen LogP contribution is 2.18. The van der Waals surface area contributed by atoms with Crippen molar-refractivity contribution in [2.24, 2.45) is 0 Å². The Balaban J connectivity index is 1.44. The Morgan fingerprint density at radius 3 is 2.45 bits per heavy atom. The molecule has 2 amide bonds. The van der Waals surface area contributed by atoms with Gasteiger partial charge in [-0.15, -0.1) is 0 Å². The van der Waals surface area contributed by atoms with E-state index >= 15 is 0 Å². The first-order valence-electron chi connectivity index (χ1n) is 9.40. The van der Waals surface area contributed by atoms with Crippen molar-refractivity contribution in [3.05, 3.63) is 72.1 Å². The summed E-state index contributed by atoms with van der Waals surface area (Å²) in [5.74, 6) is 1.15. The Morgan fingerprint density at radius 1 is 1.00 bits per heavy atom. The quantitative estimate of drug-likeness (QED) is 0.735. The molecule has 29 heavy (non-hydrogen) atoms. The first-order valence-corrected chi connectivity index (χ1v) is 9.40. The Kier molecular flexibility index (Phi) is 5.24. The van der Waals surface area contributed by atoms with Crippen molar-refractivity contribution in [2.45, 2.75) is 6.92 Å². The second kappa shape index (κ2) is 8.14. The minimum atomic E-state index is -0.283. The maximum Gasteiger partial charge on any atom is 0.289 e. The molecule has 8 heteroatoms. The minimum absolute atomic E-state index is 0.114. The number of hydrogen-bond donors (Lipinski definition) is 1. The minimum Gasteiger partial charge on any atom is -0.459 e. The highest BCUT2D eigenvalue weighted by atomic mass is 16.3. The van der Waals surface area contributed by atoms with E-state index in [0.717, 1.165) is 0 Å². The fourth-order valence-electron chi connectivity index (χ4n) is 3.24. The van der Waals surface area contributed by atoms with Gasteiger partial charge in [0.15, 0.2) is 5.76 Å². The molecule has 8 nitrogen and oxygen atoms in total. The van der Waals surface area contributed by atoms with Crippen molar-refractivity contribution in [1.29, 1.82) is 0 Å². The lowest BCUT2D eigenvalue weighted by atomic mass is 10.2. The number of aryl methyl sites for hydroxylation is 1. The lowest BCUT2D eigenvalue weighted by molar-refractivity contribution is 0.0714. The van der Waals surface area contributed by atoms with Crippen LogP contribution < -0.4 is 10.2 Å². The summed E-state index contributed by atoms with van der Waals surface area (Å²) in [6, 6.07) is 14.3. The van der Waals surface area contributed by atoms with Crippen molar-refractivity contribution < 1.29 is 14.0 Å². The number of furan rings is 1. The number of nitrogens with one attached hydrogen (secondary N) is 1. The number of para-hydroxylation sites is 1. The smallest absolute Gasteiger partial charge is 0.289 e. The molecule has 0 aliphatic carbocycles. The molecule has 1 N–H and O–H groups in total. The summed E-state index contributed by atoms with van der Waals surface area (Å²) in [5, 5.41) is 2.84. The van der Waals surface area contributed by atoms with Crippen molar-refractivity contribution in [1.82, 2.24) is 14.9 Å². The molecule has 0 saturated carbocycles. The summed E-state index contributed by atoms with van der Waals surface area (Å²) >= 11 is 0. The van der Waals surface area contributed by atoms with E-state index in [2.05, 4.69) is 20.2 Å². The second-order valence-electron chi connectivity index (χ2n) is 6.74. The molecule has 0 bridgehead atoms. The molecule has 1 saturated heterocycles. The number of hydrogen-bond acceptors (Lipinski definition) is 6. The standard InChI is InChI=1S/C21H21N5O3/c1-15-22-17(20(27)24-16-6-3-2-4-7-16)14-19(23-15)25-9-11-26(12-10-25)21(28)18-8-5-13-29-18/h2-8,13-14H,9-12H2,1H3,(H,24,27). The Labute approximate surface area is 168 Å². The lowest BCUT2D eigenvalue weighted by Crippen LogP contribution is -2.49. The van der Waals surface area contributed by atoms with Gasteiger partial charge >= 0.3 is 0 Å². The third-order valence-corrected chi connectivity index (χ3v) is 4.71. The van der Waals surface area contributed by atoms with Crippen molar-refractivity contribution in [2.75, 3.05) is 36.4 Å². The molecular weight excluding hydrogens is 370 g/mol. The highest BCUT2D eigenvalue weighted by molar-refractivity contribution is 6.03. The van der Waals surface area contributed by atoms with Gasteiger partial charge in [-0.3, -0.25) is 9.59 Å². The van der Waals surface area contributed by atoms with Gasteiger partial charge in [0.25, 0.3) is 11.8 Å². The van der Waals surface area contributed by atoms with Crippen molar-refractivity contribution in [3.63, 3.8) is 0 Å². The number of carbonyl (C=O) groups excluding carboxylic acids is 2. The number of amides is 2. The van der Waals surface area contributed by atoms with Crippen LogP contribution in [0.3, 0.4) is 0 Å².